The standard InChI is InChI=1S/C9H6F5NS/c10-7-4(6(15)3-16)1-2-5(8(7)11)9(12,13)14/h1-3,16H,15H2/b6-3-. The van der Waals surface area contributed by atoms with Crippen molar-refractivity contribution in [1.29, 1.82) is 0 Å². The second-order valence-corrected chi connectivity index (χ2v) is 3.13. The van der Waals surface area contributed by atoms with Gasteiger partial charge in [-0.25, -0.2) is 8.78 Å². The van der Waals surface area contributed by atoms with Crippen LogP contribution >= 0.6 is 12.6 Å². The van der Waals surface area contributed by atoms with Crippen molar-refractivity contribution in [3.8, 4) is 0 Å². The van der Waals surface area contributed by atoms with E-state index in [4.69, 9.17) is 5.73 Å². The number of nitrogens with two attached hydrogens (primary N) is 1. The average Bonchev–Trinajstić information content (AvgIpc) is 2.19. The Morgan fingerprint density at radius 1 is 1.19 bits per heavy atom. The third-order valence-corrected chi connectivity index (χ3v) is 2.12. The largest absolute Gasteiger partial charge is 0.419 e. The van der Waals surface area contributed by atoms with Gasteiger partial charge in [0.15, 0.2) is 11.6 Å². The van der Waals surface area contributed by atoms with Gasteiger partial charge in [0.05, 0.1) is 5.56 Å². The van der Waals surface area contributed by atoms with E-state index in [1.165, 1.54) is 0 Å². The van der Waals surface area contributed by atoms with Crippen LogP contribution in [-0.2, 0) is 6.18 Å². The van der Waals surface area contributed by atoms with Crippen LogP contribution in [0.25, 0.3) is 5.70 Å². The Labute approximate surface area is 93.2 Å². The summed E-state index contributed by atoms with van der Waals surface area (Å²) < 4.78 is 62.8. The van der Waals surface area contributed by atoms with Gasteiger partial charge in [0.1, 0.15) is 0 Å². The Hall–Kier alpha value is -1.24. The van der Waals surface area contributed by atoms with Crippen LogP contribution in [0.4, 0.5) is 22.0 Å². The van der Waals surface area contributed by atoms with Crippen molar-refractivity contribution in [2.24, 2.45) is 5.73 Å². The SMILES string of the molecule is N/C(=C\S)c1ccc(C(F)(F)F)c(F)c1F. The van der Waals surface area contributed by atoms with E-state index in [1.807, 2.05) is 0 Å². The van der Waals surface area contributed by atoms with Gasteiger partial charge in [-0.1, -0.05) is 0 Å². The highest BCUT2D eigenvalue weighted by Gasteiger charge is 2.36. The molecule has 1 rings (SSSR count). The van der Waals surface area contributed by atoms with Gasteiger partial charge in [-0.3, -0.25) is 0 Å². The van der Waals surface area contributed by atoms with Gasteiger partial charge in [0.2, 0.25) is 0 Å². The van der Waals surface area contributed by atoms with Gasteiger partial charge >= 0.3 is 6.18 Å². The summed E-state index contributed by atoms with van der Waals surface area (Å²) in [6, 6.07) is 1.18. The fraction of sp³-hybridized carbons (Fsp3) is 0.111. The van der Waals surface area contributed by atoms with Gasteiger partial charge in [-0.15, -0.1) is 12.6 Å². The van der Waals surface area contributed by atoms with E-state index in [0.717, 1.165) is 11.5 Å². The van der Waals surface area contributed by atoms with Gasteiger partial charge < -0.3 is 5.73 Å². The first-order valence-corrected chi connectivity index (χ1v) is 4.46. The minimum Gasteiger partial charge on any atom is -0.398 e. The molecule has 0 fully saturated rings. The quantitative estimate of drug-likeness (QED) is 0.585. The molecule has 0 atom stereocenters. The number of rotatable bonds is 1. The van der Waals surface area contributed by atoms with Crippen molar-refractivity contribution < 1.29 is 22.0 Å². The van der Waals surface area contributed by atoms with Crippen molar-refractivity contribution in [2.75, 3.05) is 0 Å². The molecule has 0 aromatic heterocycles. The molecule has 1 nitrogen and oxygen atoms in total. The number of benzene rings is 1. The highest BCUT2D eigenvalue weighted by molar-refractivity contribution is 7.83. The first-order chi connectivity index (χ1) is 7.29. The topological polar surface area (TPSA) is 26.0 Å². The van der Waals surface area contributed by atoms with Crippen LogP contribution < -0.4 is 5.73 Å². The molecule has 1 aromatic rings. The summed E-state index contributed by atoms with van der Waals surface area (Å²) in [4.78, 5) is 0. The van der Waals surface area contributed by atoms with Crippen molar-refractivity contribution in [2.45, 2.75) is 6.18 Å². The van der Waals surface area contributed by atoms with E-state index < -0.39 is 28.9 Å². The predicted molar refractivity (Wildman–Crippen MR) is 52.5 cm³/mol. The maximum absolute atomic E-state index is 13.2. The molecule has 0 aliphatic carbocycles. The second kappa shape index (κ2) is 4.32. The molecule has 0 heterocycles. The summed E-state index contributed by atoms with van der Waals surface area (Å²) in [5.41, 5.74) is 2.84. The lowest BCUT2D eigenvalue weighted by Crippen LogP contribution is -2.11. The lowest BCUT2D eigenvalue weighted by atomic mass is 10.1. The Morgan fingerprint density at radius 2 is 1.75 bits per heavy atom. The van der Waals surface area contributed by atoms with E-state index in [9.17, 15) is 22.0 Å². The molecule has 0 unspecified atom stereocenters. The molecule has 7 heteroatoms. The lowest BCUT2D eigenvalue weighted by Gasteiger charge is -2.10. The average molecular weight is 255 g/mol. The molecule has 0 saturated carbocycles. The molecule has 0 radical (unpaired) electrons. The zero-order valence-electron chi connectivity index (χ0n) is 7.65. The van der Waals surface area contributed by atoms with Crippen LogP contribution in [0, 0.1) is 11.6 Å². The van der Waals surface area contributed by atoms with E-state index >= 15 is 0 Å². The van der Waals surface area contributed by atoms with Crippen LogP contribution in [0.1, 0.15) is 11.1 Å². The fourth-order valence-electron chi connectivity index (χ4n) is 1.06. The van der Waals surface area contributed by atoms with Crippen LogP contribution in [0.2, 0.25) is 0 Å². The molecule has 16 heavy (non-hydrogen) atoms. The molecule has 0 amide bonds. The van der Waals surface area contributed by atoms with Crippen LogP contribution in [-0.4, -0.2) is 0 Å². The summed E-state index contributed by atoms with van der Waals surface area (Å²) >= 11 is 3.59. The highest BCUT2D eigenvalue weighted by Crippen LogP contribution is 2.33. The molecule has 0 saturated heterocycles. The minimum atomic E-state index is -4.94. The molecule has 2 N–H and O–H groups in total. The third-order valence-electron chi connectivity index (χ3n) is 1.84. The van der Waals surface area contributed by atoms with Crippen molar-refractivity contribution >= 4 is 18.3 Å². The van der Waals surface area contributed by atoms with E-state index in [2.05, 4.69) is 12.6 Å². The molecule has 1 aromatic carbocycles. The zero-order chi connectivity index (χ0) is 12.5. The summed E-state index contributed by atoms with van der Waals surface area (Å²) in [6.45, 7) is 0. The highest BCUT2D eigenvalue weighted by atomic mass is 32.1. The Morgan fingerprint density at radius 3 is 2.19 bits per heavy atom. The molecule has 0 spiro atoms. The van der Waals surface area contributed by atoms with Crippen LogP contribution in [0.5, 0.6) is 0 Å². The summed E-state index contributed by atoms with van der Waals surface area (Å²) in [7, 11) is 0. The first-order valence-electron chi connectivity index (χ1n) is 3.94. The molecular formula is C9H6F5NS. The van der Waals surface area contributed by atoms with Crippen LogP contribution in [0.3, 0.4) is 0 Å². The lowest BCUT2D eigenvalue weighted by molar-refractivity contribution is -0.140. The van der Waals surface area contributed by atoms with Crippen molar-refractivity contribution in [3.05, 3.63) is 40.3 Å². The maximum Gasteiger partial charge on any atom is 0.419 e. The monoisotopic (exact) mass is 255 g/mol. The fourth-order valence-corrected chi connectivity index (χ4v) is 1.20. The van der Waals surface area contributed by atoms with Gasteiger partial charge in [-0.2, -0.15) is 13.2 Å². The molecule has 88 valence electrons. The zero-order valence-corrected chi connectivity index (χ0v) is 8.54. The minimum absolute atomic E-state index is 0.256. The third kappa shape index (κ3) is 2.29. The van der Waals surface area contributed by atoms with Crippen molar-refractivity contribution in [3.63, 3.8) is 0 Å². The Bertz CT molecular complexity index is 438. The molecule has 0 bridgehead atoms. The number of hydrogen-bond donors (Lipinski definition) is 2. The second-order valence-electron chi connectivity index (χ2n) is 2.87. The van der Waals surface area contributed by atoms with Gasteiger partial charge in [0, 0.05) is 11.3 Å². The van der Waals surface area contributed by atoms with Gasteiger partial charge in [0.25, 0.3) is 0 Å². The number of thiol groups is 1. The Balaban J connectivity index is 3.41. The van der Waals surface area contributed by atoms with E-state index in [1.54, 1.807) is 0 Å². The molecule has 0 aliphatic rings. The smallest absolute Gasteiger partial charge is 0.398 e. The number of alkyl halides is 3. The number of halogens is 5. The normalized spacial score (nSPS) is 13.0. The Kier molecular flexibility index (Phi) is 3.47. The predicted octanol–water partition coefficient (Wildman–Crippen LogP) is 3.17. The molecule has 0 aliphatic heterocycles. The molecular weight excluding hydrogens is 249 g/mol. The van der Waals surface area contributed by atoms with E-state index in [0.29, 0.717) is 6.07 Å². The van der Waals surface area contributed by atoms with E-state index in [-0.39, 0.29) is 5.70 Å². The summed E-state index contributed by atoms with van der Waals surface area (Å²) in [6.07, 6.45) is -4.94. The van der Waals surface area contributed by atoms with Gasteiger partial charge in [-0.05, 0) is 17.5 Å². The summed E-state index contributed by atoms with van der Waals surface area (Å²) in [5.74, 6) is -3.61. The summed E-state index contributed by atoms with van der Waals surface area (Å²) in [5, 5.41) is 0.963. The number of hydrogen-bond acceptors (Lipinski definition) is 2. The first kappa shape index (κ1) is 12.8. The van der Waals surface area contributed by atoms with Crippen LogP contribution in [0.15, 0.2) is 17.5 Å². The van der Waals surface area contributed by atoms with Crippen molar-refractivity contribution in [1.82, 2.24) is 0 Å². The maximum atomic E-state index is 13.2.